The number of rotatable bonds is 3. The quantitative estimate of drug-likeness (QED) is 0.882. The number of aliphatic hydroxyl groups excluding tert-OH is 1. The second kappa shape index (κ2) is 5.39. The third kappa shape index (κ3) is 3.11. The molecule has 0 fully saturated rings. The van der Waals surface area contributed by atoms with Crippen LogP contribution in [0.3, 0.4) is 0 Å². The highest BCUT2D eigenvalue weighted by atomic mass is 32.2. The van der Waals surface area contributed by atoms with Gasteiger partial charge in [0.1, 0.15) is 0 Å². The lowest BCUT2D eigenvalue weighted by molar-refractivity contribution is 0.282. The second-order valence-electron chi connectivity index (χ2n) is 4.15. The summed E-state index contributed by atoms with van der Waals surface area (Å²) in [7, 11) is 0. The molecule has 2 heteroatoms. The lowest BCUT2D eigenvalue weighted by Gasteiger charge is -2.05. The van der Waals surface area contributed by atoms with Crippen molar-refractivity contribution in [3.8, 4) is 0 Å². The largest absolute Gasteiger partial charge is 0.392 e. The summed E-state index contributed by atoms with van der Waals surface area (Å²) in [5.74, 6) is 0. The molecule has 0 radical (unpaired) electrons. The van der Waals surface area contributed by atoms with Crippen LogP contribution in [0.2, 0.25) is 0 Å². The molecule has 0 aliphatic rings. The highest BCUT2D eigenvalue weighted by Crippen LogP contribution is 2.29. The van der Waals surface area contributed by atoms with Crippen molar-refractivity contribution in [1.82, 2.24) is 0 Å². The van der Waals surface area contributed by atoms with E-state index in [-0.39, 0.29) is 6.61 Å². The Morgan fingerprint density at radius 2 is 1.53 bits per heavy atom. The van der Waals surface area contributed by atoms with Crippen LogP contribution in [0, 0.1) is 13.8 Å². The Labute approximate surface area is 107 Å². The van der Waals surface area contributed by atoms with Gasteiger partial charge in [-0.15, -0.1) is 0 Å². The van der Waals surface area contributed by atoms with E-state index in [2.05, 4.69) is 32.0 Å². The molecule has 0 spiro atoms. The van der Waals surface area contributed by atoms with Gasteiger partial charge in [-0.1, -0.05) is 30.0 Å². The molecule has 2 rings (SSSR count). The van der Waals surface area contributed by atoms with Gasteiger partial charge < -0.3 is 5.11 Å². The van der Waals surface area contributed by atoms with Gasteiger partial charge in [-0.3, -0.25) is 0 Å². The molecule has 2 aromatic carbocycles. The average molecular weight is 244 g/mol. The molecule has 0 unspecified atom stereocenters. The molecule has 0 aliphatic carbocycles. The Balaban J connectivity index is 2.16. The van der Waals surface area contributed by atoms with Gasteiger partial charge in [0, 0.05) is 9.79 Å². The molecule has 0 bridgehead atoms. The Morgan fingerprint density at radius 1 is 0.882 bits per heavy atom. The van der Waals surface area contributed by atoms with Gasteiger partial charge in [-0.25, -0.2) is 0 Å². The number of hydrogen-bond acceptors (Lipinski definition) is 2. The average Bonchev–Trinajstić information content (AvgIpc) is 2.35. The first-order chi connectivity index (χ1) is 8.19. The molecule has 0 atom stereocenters. The molecular formula is C15H16OS. The van der Waals surface area contributed by atoms with Crippen LogP contribution >= 0.6 is 11.8 Å². The number of benzene rings is 2. The first-order valence-corrected chi connectivity index (χ1v) is 6.45. The van der Waals surface area contributed by atoms with E-state index in [1.807, 2.05) is 24.3 Å². The van der Waals surface area contributed by atoms with Crippen LogP contribution in [0.1, 0.15) is 16.7 Å². The van der Waals surface area contributed by atoms with Gasteiger partial charge in [0.2, 0.25) is 0 Å². The lowest BCUT2D eigenvalue weighted by atomic mass is 10.1. The van der Waals surface area contributed by atoms with Crippen molar-refractivity contribution in [2.45, 2.75) is 30.2 Å². The minimum atomic E-state index is 0.106. The van der Waals surface area contributed by atoms with Gasteiger partial charge in [0.15, 0.2) is 0 Å². The summed E-state index contributed by atoms with van der Waals surface area (Å²) in [6, 6.07) is 14.5. The maximum atomic E-state index is 8.98. The van der Waals surface area contributed by atoms with Crippen molar-refractivity contribution in [2.24, 2.45) is 0 Å². The van der Waals surface area contributed by atoms with Crippen molar-refractivity contribution in [2.75, 3.05) is 0 Å². The molecule has 0 saturated carbocycles. The summed E-state index contributed by atoms with van der Waals surface area (Å²) >= 11 is 1.75. The zero-order chi connectivity index (χ0) is 12.3. The van der Waals surface area contributed by atoms with Crippen LogP contribution in [0.5, 0.6) is 0 Å². The molecule has 0 saturated heterocycles. The highest BCUT2D eigenvalue weighted by Gasteiger charge is 1.99. The van der Waals surface area contributed by atoms with Gasteiger partial charge >= 0.3 is 0 Å². The van der Waals surface area contributed by atoms with Crippen molar-refractivity contribution < 1.29 is 5.11 Å². The Hall–Kier alpha value is -1.25. The van der Waals surface area contributed by atoms with Crippen molar-refractivity contribution in [3.05, 3.63) is 59.2 Å². The summed E-state index contributed by atoms with van der Waals surface area (Å²) in [4.78, 5) is 2.45. The number of aryl methyl sites for hydroxylation is 2. The summed E-state index contributed by atoms with van der Waals surface area (Å²) in [5.41, 5.74) is 3.60. The summed E-state index contributed by atoms with van der Waals surface area (Å²) in [5, 5.41) is 8.98. The molecule has 17 heavy (non-hydrogen) atoms. The first kappa shape index (κ1) is 12.2. The fourth-order valence-electron chi connectivity index (χ4n) is 1.58. The maximum Gasteiger partial charge on any atom is 0.0681 e. The predicted molar refractivity (Wildman–Crippen MR) is 72.4 cm³/mol. The molecule has 2 aromatic rings. The van der Waals surface area contributed by atoms with E-state index in [0.717, 1.165) is 5.56 Å². The van der Waals surface area contributed by atoms with E-state index in [9.17, 15) is 0 Å². The van der Waals surface area contributed by atoms with Gasteiger partial charge in [0.05, 0.1) is 6.61 Å². The van der Waals surface area contributed by atoms with Gasteiger partial charge in [-0.05, 0) is 54.8 Å². The topological polar surface area (TPSA) is 20.2 Å². The van der Waals surface area contributed by atoms with Crippen LogP contribution in [0.4, 0.5) is 0 Å². The molecule has 0 aromatic heterocycles. The van der Waals surface area contributed by atoms with Crippen LogP contribution in [-0.4, -0.2) is 5.11 Å². The minimum absolute atomic E-state index is 0.106. The van der Waals surface area contributed by atoms with E-state index in [1.54, 1.807) is 11.8 Å². The third-order valence-electron chi connectivity index (χ3n) is 2.82. The standard InChI is InChI=1S/C15H16OS/c1-11-3-6-15(9-12(11)2)17-14-7-4-13(10-16)5-8-14/h3-9,16H,10H2,1-2H3. The summed E-state index contributed by atoms with van der Waals surface area (Å²) in [6.07, 6.45) is 0. The van der Waals surface area contributed by atoms with E-state index in [0.29, 0.717) is 0 Å². The number of aliphatic hydroxyl groups is 1. The molecule has 0 amide bonds. The molecule has 1 nitrogen and oxygen atoms in total. The molecule has 0 heterocycles. The van der Waals surface area contributed by atoms with Crippen LogP contribution in [0.15, 0.2) is 52.3 Å². The van der Waals surface area contributed by atoms with E-state index >= 15 is 0 Å². The highest BCUT2D eigenvalue weighted by molar-refractivity contribution is 7.99. The smallest absolute Gasteiger partial charge is 0.0681 e. The summed E-state index contributed by atoms with van der Waals surface area (Å²) < 4.78 is 0. The molecular weight excluding hydrogens is 228 g/mol. The zero-order valence-corrected chi connectivity index (χ0v) is 10.9. The maximum absolute atomic E-state index is 8.98. The fraction of sp³-hybridized carbons (Fsp3) is 0.200. The first-order valence-electron chi connectivity index (χ1n) is 5.64. The minimum Gasteiger partial charge on any atom is -0.392 e. The SMILES string of the molecule is Cc1ccc(Sc2ccc(CO)cc2)cc1C. The molecule has 1 N–H and O–H groups in total. The van der Waals surface area contributed by atoms with Crippen LogP contribution in [-0.2, 0) is 6.61 Å². The predicted octanol–water partition coefficient (Wildman–Crippen LogP) is 3.95. The Morgan fingerprint density at radius 3 is 2.12 bits per heavy atom. The van der Waals surface area contributed by atoms with Crippen molar-refractivity contribution >= 4 is 11.8 Å². The van der Waals surface area contributed by atoms with Crippen molar-refractivity contribution in [1.29, 1.82) is 0 Å². The summed E-state index contributed by atoms with van der Waals surface area (Å²) in [6.45, 7) is 4.36. The lowest BCUT2D eigenvalue weighted by Crippen LogP contribution is -1.83. The third-order valence-corrected chi connectivity index (χ3v) is 3.82. The zero-order valence-electron chi connectivity index (χ0n) is 10.1. The fourth-order valence-corrected chi connectivity index (χ4v) is 2.49. The normalized spacial score (nSPS) is 10.5. The molecule has 0 aliphatic heterocycles. The Bertz CT molecular complexity index is 503. The second-order valence-corrected chi connectivity index (χ2v) is 5.30. The van der Waals surface area contributed by atoms with E-state index < -0.39 is 0 Å². The van der Waals surface area contributed by atoms with E-state index in [4.69, 9.17) is 5.11 Å². The van der Waals surface area contributed by atoms with Gasteiger partial charge in [0.25, 0.3) is 0 Å². The monoisotopic (exact) mass is 244 g/mol. The van der Waals surface area contributed by atoms with E-state index in [1.165, 1.54) is 20.9 Å². The van der Waals surface area contributed by atoms with Gasteiger partial charge in [-0.2, -0.15) is 0 Å². The van der Waals surface area contributed by atoms with Crippen LogP contribution in [0.25, 0.3) is 0 Å². The molecule has 88 valence electrons. The van der Waals surface area contributed by atoms with Crippen molar-refractivity contribution in [3.63, 3.8) is 0 Å². The Kier molecular flexibility index (Phi) is 3.87. The van der Waals surface area contributed by atoms with Crippen LogP contribution < -0.4 is 0 Å². The number of hydrogen-bond donors (Lipinski definition) is 1.